The van der Waals surface area contributed by atoms with Crippen LogP contribution in [0.5, 0.6) is 0 Å². The van der Waals surface area contributed by atoms with Crippen LogP contribution < -0.4 is 16.4 Å². The van der Waals surface area contributed by atoms with Crippen molar-refractivity contribution in [1.29, 1.82) is 0 Å². The van der Waals surface area contributed by atoms with Gasteiger partial charge in [0.2, 0.25) is 5.91 Å². The number of rotatable bonds is 7. The SMILES string of the molecule is Cc1ccc(NCCCNC(=O)C(C)C(C)N)nc1. The van der Waals surface area contributed by atoms with Crippen LogP contribution >= 0.6 is 0 Å². The van der Waals surface area contributed by atoms with Gasteiger partial charge in [-0.05, 0) is 31.9 Å². The first-order valence-corrected chi connectivity index (χ1v) is 6.70. The maximum atomic E-state index is 11.6. The number of hydrogen-bond donors (Lipinski definition) is 3. The molecule has 0 aliphatic heterocycles. The van der Waals surface area contributed by atoms with E-state index in [0.29, 0.717) is 6.54 Å². The first-order chi connectivity index (χ1) is 9.00. The lowest BCUT2D eigenvalue weighted by Gasteiger charge is -2.15. The van der Waals surface area contributed by atoms with Gasteiger partial charge in [-0.25, -0.2) is 4.98 Å². The Balaban J connectivity index is 2.14. The second kappa shape index (κ2) is 7.74. The Morgan fingerprint density at radius 3 is 2.68 bits per heavy atom. The lowest BCUT2D eigenvalue weighted by atomic mass is 10.0. The number of carbonyl (C=O) groups is 1. The van der Waals surface area contributed by atoms with Crippen LogP contribution in [0.2, 0.25) is 0 Å². The van der Waals surface area contributed by atoms with E-state index in [1.165, 1.54) is 0 Å². The van der Waals surface area contributed by atoms with Crippen molar-refractivity contribution in [2.45, 2.75) is 33.2 Å². The van der Waals surface area contributed by atoms with Crippen molar-refractivity contribution in [1.82, 2.24) is 10.3 Å². The molecule has 19 heavy (non-hydrogen) atoms. The summed E-state index contributed by atoms with van der Waals surface area (Å²) < 4.78 is 0. The molecule has 0 radical (unpaired) electrons. The fourth-order valence-corrected chi connectivity index (χ4v) is 1.49. The smallest absolute Gasteiger partial charge is 0.224 e. The highest BCUT2D eigenvalue weighted by Crippen LogP contribution is 2.03. The molecule has 1 aromatic rings. The minimum atomic E-state index is -0.147. The molecule has 0 aliphatic rings. The molecule has 0 saturated carbocycles. The van der Waals surface area contributed by atoms with Gasteiger partial charge in [-0.3, -0.25) is 4.79 Å². The van der Waals surface area contributed by atoms with E-state index >= 15 is 0 Å². The van der Waals surface area contributed by atoms with Crippen molar-refractivity contribution in [3.8, 4) is 0 Å². The topological polar surface area (TPSA) is 80.0 Å². The second-order valence-electron chi connectivity index (χ2n) is 4.94. The lowest BCUT2D eigenvalue weighted by Crippen LogP contribution is -2.39. The summed E-state index contributed by atoms with van der Waals surface area (Å²) in [5, 5.41) is 6.09. The van der Waals surface area contributed by atoms with Crippen molar-refractivity contribution in [2.75, 3.05) is 18.4 Å². The number of carbonyl (C=O) groups excluding carboxylic acids is 1. The maximum absolute atomic E-state index is 11.6. The predicted octanol–water partition coefficient (Wildman–Crippen LogP) is 1.29. The summed E-state index contributed by atoms with van der Waals surface area (Å²) in [7, 11) is 0. The quantitative estimate of drug-likeness (QED) is 0.648. The largest absolute Gasteiger partial charge is 0.370 e. The average Bonchev–Trinajstić information content (AvgIpc) is 2.39. The van der Waals surface area contributed by atoms with Crippen LogP contribution in [0.25, 0.3) is 0 Å². The third-order valence-corrected chi connectivity index (χ3v) is 3.07. The van der Waals surface area contributed by atoms with Crippen molar-refractivity contribution >= 4 is 11.7 Å². The second-order valence-corrected chi connectivity index (χ2v) is 4.94. The van der Waals surface area contributed by atoms with Crippen LogP contribution in [0.1, 0.15) is 25.8 Å². The van der Waals surface area contributed by atoms with E-state index in [4.69, 9.17) is 5.73 Å². The number of anilines is 1. The van der Waals surface area contributed by atoms with Crippen molar-refractivity contribution < 1.29 is 4.79 Å². The van der Waals surface area contributed by atoms with E-state index in [-0.39, 0.29) is 17.9 Å². The van der Waals surface area contributed by atoms with E-state index in [1.807, 2.05) is 39.1 Å². The minimum Gasteiger partial charge on any atom is -0.370 e. The van der Waals surface area contributed by atoms with Gasteiger partial charge in [-0.15, -0.1) is 0 Å². The fourth-order valence-electron chi connectivity index (χ4n) is 1.49. The first kappa shape index (κ1) is 15.4. The zero-order chi connectivity index (χ0) is 14.3. The Bertz CT molecular complexity index is 389. The molecule has 0 spiro atoms. The van der Waals surface area contributed by atoms with Gasteiger partial charge in [0.1, 0.15) is 5.82 Å². The molecule has 1 amide bonds. The number of nitrogens with zero attached hydrogens (tertiary/aromatic N) is 1. The molecule has 2 atom stereocenters. The summed E-state index contributed by atoms with van der Waals surface area (Å²) in [5.41, 5.74) is 6.82. The van der Waals surface area contributed by atoms with Crippen molar-refractivity contribution in [3.05, 3.63) is 23.9 Å². The number of aromatic nitrogens is 1. The molecule has 106 valence electrons. The molecule has 5 nitrogen and oxygen atoms in total. The van der Waals surface area contributed by atoms with E-state index in [9.17, 15) is 4.79 Å². The molecule has 0 fully saturated rings. The Morgan fingerprint density at radius 2 is 2.11 bits per heavy atom. The molecule has 1 aromatic heterocycles. The monoisotopic (exact) mass is 264 g/mol. The highest BCUT2D eigenvalue weighted by atomic mass is 16.1. The summed E-state index contributed by atoms with van der Waals surface area (Å²) in [5.74, 6) is 0.732. The third-order valence-electron chi connectivity index (χ3n) is 3.07. The van der Waals surface area contributed by atoms with Gasteiger partial charge in [0.25, 0.3) is 0 Å². The van der Waals surface area contributed by atoms with Gasteiger partial charge >= 0.3 is 0 Å². The van der Waals surface area contributed by atoms with Gasteiger partial charge in [-0.1, -0.05) is 13.0 Å². The van der Waals surface area contributed by atoms with Gasteiger partial charge in [0.05, 0.1) is 0 Å². The molecule has 1 heterocycles. The van der Waals surface area contributed by atoms with E-state index in [2.05, 4.69) is 15.6 Å². The van der Waals surface area contributed by atoms with Crippen molar-refractivity contribution in [3.63, 3.8) is 0 Å². The first-order valence-electron chi connectivity index (χ1n) is 6.70. The molecular formula is C14H24N4O. The van der Waals surface area contributed by atoms with Crippen molar-refractivity contribution in [2.24, 2.45) is 11.7 Å². The molecule has 1 rings (SSSR count). The highest BCUT2D eigenvalue weighted by molar-refractivity contribution is 5.78. The van der Waals surface area contributed by atoms with Crippen LogP contribution in [-0.2, 0) is 4.79 Å². The molecule has 0 bridgehead atoms. The zero-order valence-electron chi connectivity index (χ0n) is 11.9. The van der Waals surface area contributed by atoms with Gasteiger partial charge in [-0.2, -0.15) is 0 Å². The summed E-state index contributed by atoms with van der Waals surface area (Å²) in [6, 6.07) is 3.85. The highest BCUT2D eigenvalue weighted by Gasteiger charge is 2.15. The Kier molecular flexibility index (Phi) is 6.29. The van der Waals surface area contributed by atoms with Gasteiger partial charge < -0.3 is 16.4 Å². The van der Waals surface area contributed by atoms with Crippen LogP contribution in [-0.4, -0.2) is 30.0 Å². The summed E-state index contributed by atoms with van der Waals surface area (Å²) in [4.78, 5) is 15.9. The maximum Gasteiger partial charge on any atom is 0.224 e. The van der Waals surface area contributed by atoms with E-state index in [1.54, 1.807) is 0 Å². The number of hydrogen-bond acceptors (Lipinski definition) is 4. The fraction of sp³-hybridized carbons (Fsp3) is 0.571. The predicted molar refractivity (Wildman–Crippen MR) is 77.9 cm³/mol. The molecule has 0 saturated heterocycles. The molecule has 5 heteroatoms. The molecule has 4 N–H and O–H groups in total. The van der Waals surface area contributed by atoms with E-state index < -0.39 is 0 Å². The zero-order valence-corrected chi connectivity index (χ0v) is 11.9. The Labute approximate surface area is 115 Å². The van der Waals surface area contributed by atoms with E-state index in [0.717, 1.165) is 24.3 Å². The number of nitrogens with two attached hydrogens (primary N) is 1. The normalized spacial score (nSPS) is 13.7. The summed E-state index contributed by atoms with van der Waals surface area (Å²) in [6.07, 6.45) is 2.68. The molecular weight excluding hydrogens is 240 g/mol. The number of aryl methyl sites for hydroxylation is 1. The minimum absolute atomic E-state index is 0.0171. The molecule has 0 aromatic carbocycles. The third kappa shape index (κ3) is 5.70. The summed E-state index contributed by atoms with van der Waals surface area (Å²) >= 11 is 0. The lowest BCUT2D eigenvalue weighted by molar-refractivity contribution is -0.124. The van der Waals surface area contributed by atoms with Gasteiger partial charge in [0, 0.05) is 31.2 Å². The average molecular weight is 264 g/mol. The number of nitrogens with one attached hydrogen (secondary N) is 2. The van der Waals surface area contributed by atoms with Crippen LogP contribution in [0, 0.1) is 12.8 Å². The Hall–Kier alpha value is -1.62. The summed E-state index contributed by atoms with van der Waals surface area (Å²) in [6.45, 7) is 7.12. The Morgan fingerprint density at radius 1 is 1.37 bits per heavy atom. The van der Waals surface area contributed by atoms with Crippen LogP contribution in [0.15, 0.2) is 18.3 Å². The standard InChI is InChI=1S/C14H24N4O/c1-10-5-6-13(18-9-10)16-7-4-8-17-14(19)11(2)12(3)15/h5-6,9,11-12H,4,7-8,15H2,1-3H3,(H,16,18)(H,17,19). The van der Waals surface area contributed by atoms with Crippen LogP contribution in [0.3, 0.4) is 0 Å². The number of pyridine rings is 1. The molecule has 0 aliphatic carbocycles. The van der Waals surface area contributed by atoms with Crippen LogP contribution in [0.4, 0.5) is 5.82 Å². The molecule has 2 unspecified atom stereocenters. The van der Waals surface area contributed by atoms with Gasteiger partial charge in [0.15, 0.2) is 0 Å². The number of amides is 1.